The molecule has 2 fully saturated rings. The van der Waals surface area contributed by atoms with Gasteiger partial charge in [-0.05, 0) is 50.0 Å². The minimum Gasteiger partial charge on any atom is -0.506 e. The Morgan fingerprint density at radius 3 is 2.32 bits per heavy atom. The summed E-state index contributed by atoms with van der Waals surface area (Å²) >= 11 is 0. The maximum Gasteiger partial charge on any atom is 0.345 e. The fourth-order valence-corrected chi connectivity index (χ4v) is 4.73. The number of hydrogen-bond acceptors (Lipinski definition) is 5. The smallest absolute Gasteiger partial charge is 0.345 e. The number of anilines is 1. The van der Waals surface area contributed by atoms with Gasteiger partial charge in [-0.2, -0.15) is 0 Å². The third-order valence-corrected chi connectivity index (χ3v) is 6.12. The van der Waals surface area contributed by atoms with E-state index < -0.39 is 22.8 Å². The van der Waals surface area contributed by atoms with Gasteiger partial charge in [-0.3, -0.25) is 4.79 Å². The van der Waals surface area contributed by atoms with E-state index >= 15 is 0 Å². The fourth-order valence-electron chi connectivity index (χ4n) is 4.73. The van der Waals surface area contributed by atoms with Gasteiger partial charge < -0.3 is 25.0 Å². The zero-order valence-electron chi connectivity index (χ0n) is 16.3. The molecule has 7 heteroatoms. The monoisotopic (exact) mass is 383 g/mol. The van der Waals surface area contributed by atoms with Crippen LogP contribution in [0.4, 0.5) is 5.69 Å². The average molecular weight is 383 g/mol. The molecular formula is C21H25N3O4. The number of carboxylic acid groups (broad SMARTS) is 1. The molecule has 0 spiro atoms. The lowest BCUT2D eigenvalue weighted by molar-refractivity contribution is 0.0691. The number of aromatic carboxylic acids is 1. The number of pyridine rings is 1. The molecule has 2 unspecified atom stereocenters. The van der Waals surface area contributed by atoms with Crippen molar-refractivity contribution >= 4 is 11.7 Å². The molecule has 1 aliphatic carbocycles. The highest BCUT2D eigenvalue weighted by molar-refractivity contribution is 5.92. The molecule has 2 atom stereocenters. The Kier molecular flexibility index (Phi) is 4.42. The molecule has 2 heterocycles. The largest absolute Gasteiger partial charge is 0.506 e. The average Bonchev–Trinajstić information content (AvgIpc) is 3.16. The highest BCUT2D eigenvalue weighted by Gasteiger charge is 2.56. The van der Waals surface area contributed by atoms with Crippen molar-refractivity contribution in [2.75, 3.05) is 32.1 Å². The Hall–Kier alpha value is -2.80. The highest BCUT2D eigenvalue weighted by Crippen LogP contribution is 2.49. The number of hydrogen-bond donors (Lipinski definition) is 3. The SMILES string of the molecule is CCc1c(-c2ccc(N3CC4C(C3)C4N(C)C)cc2)[nH]c(=O)c(C(=O)O)c1O. The number of aromatic nitrogens is 1. The molecule has 4 rings (SSSR count). The van der Waals surface area contributed by atoms with Crippen LogP contribution >= 0.6 is 0 Å². The number of nitrogens with zero attached hydrogens (tertiary/aromatic N) is 2. The maximum atomic E-state index is 12.1. The number of nitrogens with one attached hydrogen (secondary N) is 1. The Morgan fingerprint density at radius 2 is 1.82 bits per heavy atom. The van der Waals surface area contributed by atoms with Gasteiger partial charge in [-0.15, -0.1) is 0 Å². The first-order chi connectivity index (χ1) is 13.3. The van der Waals surface area contributed by atoms with Gasteiger partial charge in [-0.1, -0.05) is 19.1 Å². The van der Waals surface area contributed by atoms with Crippen molar-refractivity contribution in [3.05, 3.63) is 45.7 Å². The Labute approximate surface area is 163 Å². The first-order valence-corrected chi connectivity index (χ1v) is 9.56. The quantitative estimate of drug-likeness (QED) is 0.731. The van der Waals surface area contributed by atoms with Crippen LogP contribution < -0.4 is 10.5 Å². The number of aromatic amines is 1. The summed E-state index contributed by atoms with van der Waals surface area (Å²) < 4.78 is 0. The number of benzene rings is 1. The third-order valence-electron chi connectivity index (χ3n) is 6.12. The lowest BCUT2D eigenvalue weighted by Crippen LogP contribution is -2.30. The number of fused-ring (bicyclic) bond motifs is 1. The Morgan fingerprint density at radius 1 is 1.21 bits per heavy atom. The summed E-state index contributed by atoms with van der Waals surface area (Å²) in [7, 11) is 4.28. The molecule has 28 heavy (non-hydrogen) atoms. The summed E-state index contributed by atoms with van der Waals surface area (Å²) in [5.74, 6) is -0.414. The molecule has 1 saturated carbocycles. The standard InChI is InChI=1S/C21H25N3O4/c1-4-13-17(22-20(26)16(19(13)25)21(27)28)11-5-7-12(8-6-11)24-9-14-15(10-24)18(14)23(2)3/h5-8,14-15,18H,4,9-10H2,1-3H3,(H,27,28)(H2,22,25,26). The second kappa shape index (κ2) is 6.67. The molecule has 1 aromatic carbocycles. The van der Waals surface area contributed by atoms with Crippen LogP contribution in [0.25, 0.3) is 11.3 Å². The van der Waals surface area contributed by atoms with E-state index in [2.05, 4.69) is 28.9 Å². The predicted octanol–water partition coefficient (Wildman–Crippen LogP) is 2.00. The van der Waals surface area contributed by atoms with E-state index in [0.717, 1.165) is 36.2 Å². The summed E-state index contributed by atoms with van der Waals surface area (Å²) in [6.45, 7) is 3.92. The van der Waals surface area contributed by atoms with E-state index in [4.69, 9.17) is 0 Å². The van der Waals surface area contributed by atoms with E-state index in [1.165, 1.54) is 0 Å². The van der Waals surface area contributed by atoms with Gasteiger partial charge >= 0.3 is 5.97 Å². The molecule has 2 aliphatic rings. The van der Waals surface area contributed by atoms with Gasteiger partial charge in [0, 0.05) is 30.4 Å². The van der Waals surface area contributed by atoms with Crippen LogP contribution in [-0.2, 0) is 6.42 Å². The Bertz CT molecular complexity index is 968. The second-order valence-corrected chi connectivity index (χ2v) is 7.92. The first-order valence-electron chi connectivity index (χ1n) is 9.56. The lowest BCUT2D eigenvalue weighted by atomic mass is 10.0. The van der Waals surface area contributed by atoms with Crippen LogP contribution in [0.5, 0.6) is 5.75 Å². The van der Waals surface area contributed by atoms with Gasteiger partial charge in [-0.25, -0.2) is 4.79 Å². The molecule has 0 radical (unpaired) electrons. The van der Waals surface area contributed by atoms with Crippen LogP contribution in [0, 0.1) is 11.8 Å². The summed E-state index contributed by atoms with van der Waals surface area (Å²) in [5.41, 5.74) is 1.39. The van der Waals surface area contributed by atoms with Crippen molar-refractivity contribution in [3.8, 4) is 17.0 Å². The van der Waals surface area contributed by atoms with Crippen molar-refractivity contribution < 1.29 is 15.0 Å². The van der Waals surface area contributed by atoms with Gasteiger partial charge in [0.15, 0.2) is 5.56 Å². The van der Waals surface area contributed by atoms with Crippen LogP contribution in [0.15, 0.2) is 29.1 Å². The number of piperidine rings is 1. The van der Waals surface area contributed by atoms with E-state index in [9.17, 15) is 19.8 Å². The van der Waals surface area contributed by atoms with Crippen molar-refractivity contribution in [2.24, 2.45) is 11.8 Å². The normalized spacial score (nSPS) is 23.1. The minimum absolute atomic E-state index is 0.404. The summed E-state index contributed by atoms with van der Waals surface area (Å²) in [4.78, 5) is 30.7. The number of H-pyrrole nitrogens is 1. The second-order valence-electron chi connectivity index (χ2n) is 7.92. The fraction of sp³-hybridized carbons (Fsp3) is 0.429. The Balaban J connectivity index is 1.60. The summed E-state index contributed by atoms with van der Waals surface area (Å²) in [6, 6.07) is 8.55. The number of rotatable bonds is 5. The van der Waals surface area contributed by atoms with Gasteiger partial charge in [0.2, 0.25) is 0 Å². The van der Waals surface area contributed by atoms with Crippen molar-refractivity contribution in [1.82, 2.24) is 9.88 Å². The van der Waals surface area contributed by atoms with Crippen molar-refractivity contribution in [1.29, 1.82) is 0 Å². The van der Waals surface area contributed by atoms with E-state index in [1.54, 1.807) is 0 Å². The molecule has 2 aromatic rings. The molecular weight excluding hydrogens is 358 g/mol. The third kappa shape index (κ3) is 2.86. The molecule has 3 N–H and O–H groups in total. The van der Waals surface area contributed by atoms with Crippen molar-refractivity contribution in [3.63, 3.8) is 0 Å². The minimum atomic E-state index is -1.43. The van der Waals surface area contributed by atoms with E-state index in [1.807, 2.05) is 31.2 Å². The number of carboxylic acids is 1. The number of aromatic hydroxyl groups is 1. The highest BCUT2D eigenvalue weighted by atomic mass is 16.4. The van der Waals surface area contributed by atoms with Crippen LogP contribution in [0.3, 0.4) is 0 Å². The molecule has 0 amide bonds. The zero-order valence-corrected chi connectivity index (χ0v) is 16.3. The van der Waals surface area contributed by atoms with Crippen LogP contribution in [0.2, 0.25) is 0 Å². The molecule has 7 nitrogen and oxygen atoms in total. The van der Waals surface area contributed by atoms with Gasteiger partial charge in [0.05, 0.1) is 5.69 Å². The summed E-state index contributed by atoms with van der Waals surface area (Å²) in [5, 5.41) is 19.5. The summed E-state index contributed by atoms with van der Waals surface area (Å²) in [6.07, 6.45) is 0.404. The van der Waals surface area contributed by atoms with Gasteiger partial charge in [0.1, 0.15) is 5.75 Å². The topological polar surface area (TPSA) is 96.9 Å². The molecule has 1 aromatic heterocycles. The maximum absolute atomic E-state index is 12.1. The van der Waals surface area contributed by atoms with E-state index in [-0.39, 0.29) is 0 Å². The molecule has 1 aliphatic heterocycles. The predicted molar refractivity (Wildman–Crippen MR) is 107 cm³/mol. The number of carbonyl (C=O) groups is 1. The lowest BCUT2D eigenvalue weighted by Gasteiger charge is -2.24. The van der Waals surface area contributed by atoms with E-state index in [0.29, 0.717) is 23.7 Å². The van der Waals surface area contributed by atoms with Gasteiger partial charge in [0.25, 0.3) is 5.56 Å². The van der Waals surface area contributed by atoms with Crippen LogP contribution in [-0.4, -0.2) is 59.3 Å². The molecule has 148 valence electrons. The first kappa shape index (κ1) is 18.6. The molecule has 1 saturated heterocycles. The van der Waals surface area contributed by atoms with Crippen molar-refractivity contribution in [2.45, 2.75) is 19.4 Å². The molecule has 0 bridgehead atoms. The zero-order chi connectivity index (χ0) is 20.2. The van der Waals surface area contributed by atoms with Crippen LogP contribution in [0.1, 0.15) is 22.8 Å².